The molecule has 0 aliphatic carbocycles. The molecule has 0 radical (unpaired) electrons. The first kappa shape index (κ1) is 9.06. The summed E-state index contributed by atoms with van der Waals surface area (Å²) in [7, 11) is 0. The van der Waals surface area contributed by atoms with Crippen LogP contribution in [0, 0.1) is 5.92 Å². The van der Waals surface area contributed by atoms with Crippen molar-refractivity contribution in [2.45, 2.75) is 20.3 Å². The minimum absolute atomic E-state index is 0.238. The second-order valence-corrected chi connectivity index (χ2v) is 3.95. The van der Waals surface area contributed by atoms with Gasteiger partial charge < -0.3 is 10.2 Å². The number of rotatable bonds is 2. The monoisotopic (exact) mass is 190 g/mol. The Hall–Kier alpha value is -1.51. The van der Waals surface area contributed by atoms with E-state index in [0.29, 0.717) is 5.92 Å². The molecule has 0 atom stereocenters. The number of nitrogen functional groups attached to an aromatic ring is 1. The third-order valence-corrected chi connectivity index (χ3v) is 2.11. The highest BCUT2D eigenvalue weighted by Gasteiger charge is 2.04. The van der Waals surface area contributed by atoms with Gasteiger partial charge in [-0.1, -0.05) is 19.9 Å². The number of anilines is 1. The summed E-state index contributed by atoms with van der Waals surface area (Å²) in [4.78, 5) is 4.04. The van der Waals surface area contributed by atoms with Gasteiger partial charge in [0.1, 0.15) is 5.52 Å². The summed E-state index contributed by atoms with van der Waals surface area (Å²) < 4.78 is 5.26. The molecule has 3 heteroatoms. The molecule has 1 heterocycles. The summed E-state index contributed by atoms with van der Waals surface area (Å²) in [6, 6.07) is 6.28. The maximum atomic E-state index is 5.46. The Morgan fingerprint density at radius 3 is 2.93 bits per heavy atom. The van der Waals surface area contributed by atoms with E-state index in [1.807, 2.05) is 12.1 Å². The SMILES string of the molecule is CC(C)Cc1ccc2nc(N)oc2c1. The molecule has 2 N–H and O–H groups in total. The number of oxazole rings is 1. The zero-order valence-electron chi connectivity index (χ0n) is 8.45. The molecule has 0 amide bonds. The summed E-state index contributed by atoms with van der Waals surface area (Å²) in [6.07, 6.45) is 1.05. The van der Waals surface area contributed by atoms with Gasteiger partial charge >= 0.3 is 0 Å². The molecule has 2 rings (SSSR count). The average Bonchev–Trinajstić information content (AvgIpc) is 2.42. The first-order valence-corrected chi connectivity index (χ1v) is 4.80. The van der Waals surface area contributed by atoms with Gasteiger partial charge in [-0.25, -0.2) is 0 Å². The molecule has 2 aromatic rings. The van der Waals surface area contributed by atoms with Crippen molar-refractivity contribution in [2.24, 2.45) is 5.92 Å². The maximum Gasteiger partial charge on any atom is 0.292 e. The lowest BCUT2D eigenvalue weighted by Crippen LogP contribution is -1.92. The van der Waals surface area contributed by atoms with Crippen LogP contribution in [0.25, 0.3) is 11.1 Å². The van der Waals surface area contributed by atoms with Crippen LogP contribution in [-0.4, -0.2) is 4.98 Å². The standard InChI is InChI=1S/C11H14N2O/c1-7(2)5-8-3-4-9-10(6-8)14-11(12)13-9/h3-4,6-7H,5H2,1-2H3,(H2,12,13). The molecule has 0 fully saturated rings. The molecule has 0 unspecified atom stereocenters. The van der Waals surface area contributed by atoms with E-state index >= 15 is 0 Å². The van der Waals surface area contributed by atoms with Gasteiger partial charge in [0.2, 0.25) is 0 Å². The van der Waals surface area contributed by atoms with E-state index in [-0.39, 0.29) is 6.01 Å². The predicted octanol–water partition coefficient (Wildman–Crippen LogP) is 2.61. The Balaban J connectivity index is 2.40. The Kier molecular flexibility index (Phi) is 2.15. The second-order valence-electron chi connectivity index (χ2n) is 3.95. The number of nitrogens with zero attached hydrogens (tertiary/aromatic N) is 1. The van der Waals surface area contributed by atoms with Crippen molar-refractivity contribution in [3.63, 3.8) is 0 Å². The Morgan fingerprint density at radius 1 is 1.43 bits per heavy atom. The van der Waals surface area contributed by atoms with Crippen molar-refractivity contribution >= 4 is 17.1 Å². The number of aromatic nitrogens is 1. The minimum atomic E-state index is 0.238. The zero-order valence-corrected chi connectivity index (χ0v) is 8.45. The van der Waals surface area contributed by atoms with Crippen molar-refractivity contribution in [1.29, 1.82) is 0 Å². The largest absolute Gasteiger partial charge is 0.424 e. The van der Waals surface area contributed by atoms with Crippen molar-refractivity contribution < 1.29 is 4.42 Å². The summed E-state index contributed by atoms with van der Waals surface area (Å²) in [5, 5.41) is 0. The summed E-state index contributed by atoms with van der Waals surface area (Å²) in [5.41, 5.74) is 8.34. The normalized spacial score (nSPS) is 11.4. The Bertz CT molecular complexity index is 445. The van der Waals surface area contributed by atoms with E-state index in [1.165, 1.54) is 5.56 Å². The highest BCUT2D eigenvalue weighted by atomic mass is 16.4. The number of hydrogen-bond acceptors (Lipinski definition) is 3. The van der Waals surface area contributed by atoms with Crippen LogP contribution >= 0.6 is 0 Å². The topological polar surface area (TPSA) is 52.0 Å². The maximum absolute atomic E-state index is 5.46. The van der Waals surface area contributed by atoms with Crippen LogP contribution in [0.1, 0.15) is 19.4 Å². The van der Waals surface area contributed by atoms with E-state index in [2.05, 4.69) is 24.9 Å². The highest BCUT2D eigenvalue weighted by molar-refractivity contribution is 5.74. The molecule has 3 nitrogen and oxygen atoms in total. The van der Waals surface area contributed by atoms with Crippen LogP contribution in [0.4, 0.5) is 6.01 Å². The fourth-order valence-corrected chi connectivity index (χ4v) is 1.59. The van der Waals surface area contributed by atoms with Crippen molar-refractivity contribution in [3.05, 3.63) is 23.8 Å². The number of fused-ring (bicyclic) bond motifs is 1. The second kappa shape index (κ2) is 3.33. The molecule has 74 valence electrons. The van der Waals surface area contributed by atoms with E-state index in [9.17, 15) is 0 Å². The van der Waals surface area contributed by atoms with E-state index in [0.717, 1.165) is 17.5 Å². The number of hydrogen-bond donors (Lipinski definition) is 1. The van der Waals surface area contributed by atoms with Gasteiger partial charge in [0.15, 0.2) is 5.58 Å². The molecular formula is C11H14N2O. The van der Waals surface area contributed by atoms with Gasteiger partial charge in [-0.2, -0.15) is 4.98 Å². The molecule has 0 spiro atoms. The van der Waals surface area contributed by atoms with E-state index < -0.39 is 0 Å². The Labute approximate surface area is 82.9 Å². The molecule has 0 aliphatic heterocycles. The Morgan fingerprint density at radius 2 is 2.21 bits per heavy atom. The molecular weight excluding hydrogens is 176 g/mol. The first-order chi connectivity index (χ1) is 6.65. The summed E-state index contributed by atoms with van der Waals surface area (Å²) in [6.45, 7) is 4.39. The third-order valence-electron chi connectivity index (χ3n) is 2.11. The first-order valence-electron chi connectivity index (χ1n) is 4.80. The van der Waals surface area contributed by atoms with Crippen LogP contribution in [0.15, 0.2) is 22.6 Å². The summed E-state index contributed by atoms with van der Waals surface area (Å²) >= 11 is 0. The van der Waals surface area contributed by atoms with Gasteiger partial charge in [-0.05, 0) is 30.0 Å². The number of nitrogens with two attached hydrogens (primary N) is 1. The smallest absolute Gasteiger partial charge is 0.292 e. The van der Waals surface area contributed by atoms with Gasteiger partial charge in [-0.3, -0.25) is 0 Å². The molecule has 0 aliphatic rings. The molecule has 1 aromatic heterocycles. The van der Waals surface area contributed by atoms with Gasteiger partial charge in [-0.15, -0.1) is 0 Å². The average molecular weight is 190 g/mol. The van der Waals surface area contributed by atoms with E-state index in [1.54, 1.807) is 0 Å². The molecule has 14 heavy (non-hydrogen) atoms. The zero-order chi connectivity index (χ0) is 10.1. The van der Waals surface area contributed by atoms with E-state index in [4.69, 9.17) is 10.2 Å². The van der Waals surface area contributed by atoms with Crippen LogP contribution in [0.2, 0.25) is 0 Å². The van der Waals surface area contributed by atoms with Gasteiger partial charge in [0, 0.05) is 0 Å². The van der Waals surface area contributed by atoms with Crippen molar-refractivity contribution in [2.75, 3.05) is 5.73 Å². The van der Waals surface area contributed by atoms with Gasteiger partial charge in [0.25, 0.3) is 6.01 Å². The quantitative estimate of drug-likeness (QED) is 0.791. The lowest BCUT2D eigenvalue weighted by atomic mass is 10.0. The molecule has 1 aromatic carbocycles. The molecule has 0 saturated heterocycles. The number of benzene rings is 1. The van der Waals surface area contributed by atoms with Gasteiger partial charge in [0.05, 0.1) is 0 Å². The lowest BCUT2D eigenvalue weighted by molar-refractivity contribution is 0.622. The van der Waals surface area contributed by atoms with Crippen molar-refractivity contribution in [1.82, 2.24) is 4.98 Å². The van der Waals surface area contributed by atoms with Crippen LogP contribution in [0.3, 0.4) is 0 Å². The van der Waals surface area contributed by atoms with Crippen molar-refractivity contribution in [3.8, 4) is 0 Å². The minimum Gasteiger partial charge on any atom is -0.424 e. The highest BCUT2D eigenvalue weighted by Crippen LogP contribution is 2.19. The summed E-state index contributed by atoms with van der Waals surface area (Å²) in [5.74, 6) is 0.646. The van der Waals surface area contributed by atoms with Crippen LogP contribution in [0.5, 0.6) is 0 Å². The van der Waals surface area contributed by atoms with Crippen LogP contribution in [-0.2, 0) is 6.42 Å². The fourth-order valence-electron chi connectivity index (χ4n) is 1.59. The fraction of sp³-hybridized carbons (Fsp3) is 0.364. The third kappa shape index (κ3) is 1.71. The predicted molar refractivity (Wildman–Crippen MR) is 57.0 cm³/mol. The van der Waals surface area contributed by atoms with Crippen LogP contribution < -0.4 is 5.73 Å². The molecule has 0 saturated carbocycles. The lowest BCUT2D eigenvalue weighted by Gasteiger charge is -2.03. The molecule has 0 bridgehead atoms.